The summed E-state index contributed by atoms with van der Waals surface area (Å²) in [6.45, 7) is 3.54. The van der Waals surface area contributed by atoms with E-state index >= 15 is 0 Å². The first kappa shape index (κ1) is 21.2. The molecule has 4 atom stereocenters. The lowest BCUT2D eigenvalue weighted by Gasteiger charge is -2.38. The summed E-state index contributed by atoms with van der Waals surface area (Å²) in [6, 6.07) is 9.02. The average Bonchev–Trinajstić information content (AvgIpc) is 3.11. The quantitative estimate of drug-likeness (QED) is 0.784. The molecule has 29 heavy (non-hydrogen) atoms. The van der Waals surface area contributed by atoms with Gasteiger partial charge in [0.05, 0.1) is 29.8 Å². The Balaban J connectivity index is 0.00000240. The second-order valence-electron chi connectivity index (χ2n) is 7.27. The fraction of sp³-hybridized carbons (Fsp3) is 0.450. The summed E-state index contributed by atoms with van der Waals surface area (Å²) in [5.41, 5.74) is 2.05. The maximum Gasteiger partial charge on any atom is 0.251 e. The Morgan fingerprint density at radius 1 is 1.38 bits per heavy atom. The van der Waals surface area contributed by atoms with Gasteiger partial charge < -0.3 is 20.3 Å². The van der Waals surface area contributed by atoms with Gasteiger partial charge in [0.1, 0.15) is 12.2 Å². The number of hydrogen-bond acceptors (Lipinski definition) is 6. The SMILES string of the molecule is C[C@@H]1CN(c2ccc(C#N)c3ncccc23)C[C@H](C(=O)N[C@H]2CNC[C@@H]2F)O1.Cl. The fourth-order valence-corrected chi connectivity index (χ4v) is 3.88. The first-order valence-corrected chi connectivity index (χ1v) is 9.40. The van der Waals surface area contributed by atoms with Crippen LogP contribution >= 0.6 is 12.4 Å². The average molecular weight is 420 g/mol. The Bertz CT molecular complexity index is 937. The van der Waals surface area contributed by atoms with Gasteiger partial charge in [-0.15, -0.1) is 12.4 Å². The normalized spacial score (nSPS) is 26.6. The van der Waals surface area contributed by atoms with E-state index < -0.39 is 18.3 Å². The highest BCUT2D eigenvalue weighted by atomic mass is 35.5. The number of pyridine rings is 1. The molecule has 0 bridgehead atoms. The topological polar surface area (TPSA) is 90.3 Å². The van der Waals surface area contributed by atoms with Gasteiger partial charge in [-0.3, -0.25) is 9.78 Å². The smallest absolute Gasteiger partial charge is 0.251 e. The third-order valence-corrected chi connectivity index (χ3v) is 5.23. The first-order chi connectivity index (χ1) is 13.6. The number of morpholine rings is 1. The van der Waals surface area contributed by atoms with Crippen molar-refractivity contribution in [3.63, 3.8) is 0 Å². The number of benzene rings is 1. The maximum absolute atomic E-state index is 13.8. The Morgan fingerprint density at radius 3 is 2.93 bits per heavy atom. The van der Waals surface area contributed by atoms with Gasteiger partial charge in [0, 0.05) is 36.9 Å². The lowest BCUT2D eigenvalue weighted by Crippen LogP contribution is -2.55. The highest BCUT2D eigenvalue weighted by molar-refractivity contribution is 5.95. The summed E-state index contributed by atoms with van der Waals surface area (Å²) >= 11 is 0. The minimum atomic E-state index is -1.09. The molecule has 1 aromatic carbocycles. The van der Waals surface area contributed by atoms with E-state index in [0.717, 1.165) is 11.1 Å². The highest BCUT2D eigenvalue weighted by Gasteiger charge is 2.35. The van der Waals surface area contributed by atoms with Crippen LogP contribution in [0.15, 0.2) is 30.5 Å². The number of aromatic nitrogens is 1. The molecule has 2 aromatic rings. The molecule has 2 fully saturated rings. The molecule has 0 aliphatic carbocycles. The van der Waals surface area contributed by atoms with Crippen molar-refractivity contribution in [1.29, 1.82) is 5.26 Å². The van der Waals surface area contributed by atoms with Crippen LogP contribution in [0.5, 0.6) is 0 Å². The molecular formula is C20H23ClFN5O2. The van der Waals surface area contributed by atoms with Gasteiger partial charge >= 0.3 is 0 Å². The van der Waals surface area contributed by atoms with E-state index in [2.05, 4.69) is 26.6 Å². The van der Waals surface area contributed by atoms with Crippen LogP contribution in [0, 0.1) is 11.3 Å². The van der Waals surface area contributed by atoms with Crippen LogP contribution in [-0.2, 0) is 9.53 Å². The molecule has 0 radical (unpaired) electrons. The molecule has 4 rings (SSSR count). The van der Waals surface area contributed by atoms with Crippen molar-refractivity contribution in [1.82, 2.24) is 15.6 Å². The van der Waals surface area contributed by atoms with Crippen molar-refractivity contribution in [2.75, 3.05) is 31.1 Å². The van der Waals surface area contributed by atoms with Crippen LogP contribution in [0.25, 0.3) is 10.9 Å². The Kier molecular flexibility index (Phi) is 6.52. The molecule has 7 nitrogen and oxygen atoms in total. The lowest BCUT2D eigenvalue weighted by molar-refractivity contribution is -0.138. The predicted octanol–water partition coefficient (Wildman–Crippen LogP) is 1.55. The number of nitriles is 1. The monoisotopic (exact) mass is 419 g/mol. The number of halogens is 2. The van der Waals surface area contributed by atoms with E-state index in [1.165, 1.54) is 0 Å². The summed E-state index contributed by atoms with van der Waals surface area (Å²) < 4.78 is 19.7. The number of amides is 1. The second kappa shape index (κ2) is 8.91. The van der Waals surface area contributed by atoms with Gasteiger partial charge in [0.2, 0.25) is 0 Å². The lowest BCUT2D eigenvalue weighted by atomic mass is 10.1. The molecule has 154 valence electrons. The standard InChI is InChI=1S/C20H22FN5O2.ClH/c1-12-10-26(11-18(28-12)20(27)25-16-9-23-8-15(16)21)17-5-4-13(7-22)19-14(17)3-2-6-24-19;/h2-6,12,15-16,18,23H,8-11H2,1H3,(H,25,27);1H/t12-,15+,16+,18-;/m1./s1. The molecule has 0 spiro atoms. The number of alkyl halides is 1. The van der Waals surface area contributed by atoms with Crippen molar-refractivity contribution in [2.45, 2.75) is 31.3 Å². The van der Waals surface area contributed by atoms with Gasteiger partial charge in [-0.05, 0) is 31.2 Å². The summed E-state index contributed by atoms with van der Waals surface area (Å²) in [7, 11) is 0. The number of hydrogen-bond donors (Lipinski definition) is 2. The maximum atomic E-state index is 13.8. The van der Waals surface area contributed by atoms with E-state index in [1.54, 1.807) is 12.3 Å². The zero-order valence-corrected chi connectivity index (χ0v) is 16.8. The van der Waals surface area contributed by atoms with Crippen LogP contribution in [0.1, 0.15) is 12.5 Å². The number of ether oxygens (including phenoxy) is 1. The summed E-state index contributed by atoms with van der Waals surface area (Å²) in [4.78, 5) is 19.1. The molecule has 3 heterocycles. The van der Waals surface area contributed by atoms with Crippen LogP contribution in [0.3, 0.4) is 0 Å². The summed E-state index contributed by atoms with van der Waals surface area (Å²) in [5, 5.41) is 15.9. The van der Waals surface area contributed by atoms with Crippen molar-refractivity contribution < 1.29 is 13.9 Å². The second-order valence-corrected chi connectivity index (χ2v) is 7.27. The summed E-state index contributed by atoms with van der Waals surface area (Å²) in [6.07, 6.45) is -0.294. The Morgan fingerprint density at radius 2 is 2.21 bits per heavy atom. The number of nitrogens with zero attached hydrogens (tertiary/aromatic N) is 3. The van der Waals surface area contributed by atoms with Crippen LogP contribution in [0.2, 0.25) is 0 Å². The predicted molar refractivity (Wildman–Crippen MR) is 110 cm³/mol. The molecule has 9 heteroatoms. The summed E-state index contributed by atoms with van der Waals surface area (Å²) in [5.74, 6) is -0.302. The minimum Gasteiger partial charge on any atom is -0.365 e. The van der Waals surface area contributed by atoms with Gasteiger partial charge in [-0.2, -0.15) is 5.26 Å². The largest absolute Gasteiger partial charge is 0.365 e. The molecule has 2 aliphatic heterocycles. The van der Waals surface area contributed by atoms with E-state index in [4.69, 9.17) is 4.74 Å². The van der Waals surface area contributed by atoms with Gasteiger partial charge in [0.15, 0.2) is 6.10 Å². The van der Waals surface area contributed by atoms with Crippen molar-refractivity contribution >= 4 is 34.9 Å². The number of anilines is 1. The van der Waals surface area contributed by atoms with Gasteiger partial charge in [-0.1, -0.05) is 0 Å². The molecule has 0 saturated carbocycles. The third-order valence-electron chi connectivity index (χ3n) is 5.23. The van der Waals surface area contributed by atoms with Crippen molar-refractivity contribution in [2.24, 2.45) is 0 Å². The number of carbonyl (C=O) groups excluding carboxylic acids is 1. The number of fused-ring (bicyclic) bond motifs is 1. The van der Waals surface area contributed by atoms with Gasteiger partial charge in [0.25, 0.3) is 5.91 Å². The zero-order valence-electron chi connectivity index (χ0n) is 16.0. The molecule has 1 aromatic heterocycles. The number of nitrogens with one attached hydrogen (secondary N) is 2. The third kappa shape index (κ3) is 4.27. The first-order valence-electron chi connectivity index (χ1n) is 9.40. The van der Waals surface area contributed by atoms with E-state index in [1.807, 2.05) is 25.1 Å². The van der Waals surface area contributed by atoms with Crippen molar-refractivity contribution in [3.05, 3.63) is 36.0 Å². The molecule has 2 saturated heterocycles. The van der Waals surface area contributed by atoms with Crippen LogP contribution in [0.4, 0.5) is 10.1 Å². The van der Waals surface area contributed by atoms with E-state index in [0.29, 0.717) is 30.7 Å². The number of carbonyl (C=O) groups is 1. The van der Waals surface area contributed by atoms with Crippen LogP contribution in [-0.4, -0.2) is 61.5 Å². The minimum absolute atomic E-state index is 0. The van der Waals surface area contributed by atoms with Crippen LogP contribution < -0.4 is 15.5 Å². The van der Waals surface area contributed by atoms with Crippen molar-refractivity contribution in [3.8, 4) is 6.07 Å². The van der Waals surface area contributed by atoms with Gasteiger partial charge in [-0.25, -0.2) is 4.39 Å². The highest BCUT2D eigenvalue weighted by Crippen LogP contribution is 2.30. The molecular weight excluding hydrogens is 397 g/mol. The number of rotatable bonds is 3. The molecule has 1 amide bonds. The van der Waals surface area contributed by atoms with E-state index in [9.17, 15) is 14.4 Å². The molecule has 0 unspecified atom stereocenters. The fourth-order valence-electron chi connectivity index (χ4n) is 3.88. The zero-order chi connectivity index (χ0) is 19.7. The Labute approximate surface area is 174 Å². The van der Waals surface area contributed by atoms with E-state index in [-0.39, 0.29) is 31.0 Å². The molecule has 2 N–H and O–H groups in total. The Hall–Kier alpha value is -2.47. The molecule has 2 aliphatic rings.